The smallest absolute Gasteiger partial charge is 0.0706 e. The van der Waals surface area contributed by atoms with Gasteiger partial charge in [-0.05, 0) is 12.5 Å². The number of allylic oxidation sites excluding steroid dienone is 1. The molecule has 0 aromatic heterocycles. The summed E-state index contributed by atoms with van der Waals surface area (Å²) in [6.45, 7) is 5.65. The van der Waals surface area contributed by atoms with Gasteiger partial charge >= 0.3 is 0 Å². The third kappa shape index (κ3) is 8.86. The highest BCUT2D eigenvalue weighted by molar-refractivity contribution is 5.17. The predicted molar refractivity (Wildman–Crippen MR) is 49.9 cm³/mol. The molecule has 0 saturated heterocycles. The first-order chi connectivity index (χ1) is 5.41. The molecular weight excluding hydrogens is 132 g/mol. The molecule has 0 aromatic rings. The van der Waals surface area contributed by atoms with E-state index in [1.807, 2.05) is 0 Å². The largest absolute Gasteiger partial charge is 0.102 e. The fraction of sp³-hybridized carbons (Fsp3) is 0.455. The van der Waals surface area contributed by atoms with Crippen molar-refractivity contribution in [2.45, 2.75) is 32.6 Å². The molecular formula is C11H14. The molecule has 0 bridgehead atoms. The highest BCUT2D eigenvalue weighted by Gasteiger charge is 1.74. The summed E-state index contributed by atoms with van der Waals surface area (Å²) < 4.78 is 0. The molecule has 0 heterocycles. The summed E-state index contributed by atoms with van der Waals surface area (Å²) in [7, 11) is 0. The van der Waals surface area contributed by atoms with Crippen LogP contribution in [0.3, 0.4) is 0 Å². The minimum atomic E-state index is 0.676. The van der Waals surface area contributed by atoms with Gasteiger partial charge in [-0.1, -0.05) is 37.7 Å². The minimum Gasteiger partial charge on any atom is -0.102 e. The lowest BCUT2D eigenvalue weighted by molar-refractivity contribution is 0.828. The van der Waals surface area contributed by atoms with E-state index >= 15 is 0 Å². The quantitative estimate of drug-likeness (QED) is 0.415. The van der Waals surface area contributed by atoms with Crippen molar-refractivity contribution < 1.29 is 0 Å². The molecule has 0 unspecified atom stereocenters. The standard InChI is InChI=1S/C11H14/c1-3-5-7-9-11-10-8-6-4-2/h3H,1,4,6,8-9H2,2H3. The van der Waals surface area contributed by atoms with E-state index in [0.717, 1.165) is 6.42 Å². The average Bonchev–Trinajstić information content (AvgIpc) is 2.03. The van der Waals surface area contributed by atoms with Gasteiger partial charge < -0.3 is 0 Å². The topological polar surface area (TPSA) is 0 Å². The molecule has 11 heavy (non-hydrogen) atoms. The van der Waals surface area contributed by atoms with Crippen LogP contribution in [-0.4, -0.2) is 0 Å². The van der Waals surface area contributed by atoms with Crippen molar-refractivity contribution in [3.8, 4) is 23.7 Å². The fourth-order valence-electron chi connectivity index (χ4n) is 0.583. The second-order valence-electron chi connectivity index (χ2n) is 2.16. The van der Waals surface area contributed by atoms with Gasteiger partial charge in [0, 0.05) is 6.42 Å². The van der Waals surface area contributed by atoms with E-state index in [2.05, 4.69) is 37.2 Å². The number of unbranched alkanes of at least 4 members (excludes halogenated alkanes) is 2. The normalized spacial score (nSPS) is 7.00. The van der Waals surface area contributed by atoms with Gasteiger partial charge in [0.05, 0.1) is 6.42 Å². The molecule has 0 fully saturated rings. The van der Waals surface area contributed by atoms with Crippen LogP contribution >= 0.6 is 0 Å². The maximum absolute atomic E-state index is 3.49. The van der Waals surface area contributed by atoms with Crippen molar-refractivity contribution in [2.24, 2.45) is 0 Å². The Kier molecular flexibility index (Phi) is 7.94. The molecule has 0 nitrogen and oxygen atoms in total. The second kappa shape index (κ2) is 8.86. The van der Waals surface area contributed by atoms with E-state index in [9.17, 15) is 0 Å². The Balaban J connectivity index is 3.32. The molecule has 0 aromatic carbocycles. The molecule has 58 valence electrons. The summed E-state index contributed by atoms with van der Waals surface area (Å²) in [5, 5.41) is 0. The summed E-state index contributed by atoms with van der Waals surface area (Å²) in [5.41, 5.74) is 0. The number of hydrogen-bond acceptors (Lipinski definition) is 0. The lowest BCUT2D eigenvalue weighted by Gasteiger charge is -1.81. The predicted octanol–water partition coefficient (Wildman–Crippen LogP) is 2.76. The highest BCUT2D eigenvalue weighted by Crippen LogP contribution is 1.90. The van der Waals surface area contributed by atoms with Gasteiger partial charge in [0.25, 0.3) is 0 Å². The lowest BCUT2D eigenvalue weighted by atomic mass is 10.2. The minimum absolute atomic E-state index is 0.676. The zero-order valence-electron chi connectivity index (χ0n) is 7.11. The van der Waals surface area contributed by atoms with Crippen LogP contribution in [0.4, 0.5) is 0 Å². The maximum Gasteiger partial charge on any atom is 0.0706 e. The SMILES string of the molecule is C=CC#CCC#CCCCC. The number of hydrogen-bond donors (Lipinski definition) is 0. The van der Waals surface area contributed by atoms with Crippen LogP contribution in [0.15, 0.2) is 12.7 Å². The first kappa shape index (κ1) is 9.86. The van der Waals surface area contributed by atoms with E-state index in [4.69, 9.17) is 0 Å². The summed E-state index contributed by atoms with van der Waals surface area (Å²) in [6, 6.07) is 0. The molecule has 0 saturated carbocycles. The van der Waals surface area contributed by atoms with E-state index in [1.54, 1.807) is 6.08 Å². The van der Waals surface area contributed by atoms with Crippen molar-refractivity contribution in [1.82, 2.24) is 0 Å². The van der Waals surface area contributed by atoms with E-state index in [1.165, 1.54) is 12.8 Å². The monoisotopic (exact) mass is 146 g/mol. The van der Waals surface area contributed by atoms with Crippen LogP contribution in [0.1, 0.15) is 32.6 Å². The van der Waals surface area contributed by atoms with Gasteiger partial charge in [-0.15, -0.1) is 5.92 Å². The van der Waals surface area contributed by atoms with E-state index in [-0.39, 0.29) is 0 Å². The third-order valence-corrected chi connectivity index (χ3v) is 1.16. The van der Waals surface area contributed by atoms with Crippen LogP contribution in [-0.2, 0) is 0 Å². The van der Waals surface area contributed by atoms with Gasteiger partial charge in [-0.25, -0.2) is 0 Å². The second-order valence-corrected chi connectivity index (χ2v) is 2.16. The Bertz CT molecular complexity index is 202. The van der Waals surface area contributed by atoms with Crippen molar-refractivity contribution in [3.05, 3.63) is 12.7 Å². The molecule has 0 heteroatoms. The molecule has 0 spiro atoms. The molecule has 0 radical (unpaired) electrons. The van der Waals surface area contributed by atoms with Gasteiger partial charge in [-0.3, -0.25) is 0 Å². The molecule has 0 rings (SSSR count). The molecule has 0 amide bonds. The van der Waals surface area contributed by atoms with Crippen molar-refractivity contribution in [2.75, 3.05) is 0 Å². The third-order valence-electron chi connectivity index (χ3n) is 1.16. The van der Waals surface area contributed by atoms with Gasteiger partial charge in [0.1, 0.15) is 0 Å². The molecule has 0 aliphatic rings. The zero-order chi connectivity index (χ0) is 8.36. The van der Waals surface area contributed by atoms with Crippen LogP contribution in [0, 0.1) is 23.7 Å². The van der Waals surface area contributed by atoms with Crippen molar-refractivity contribution in [1.29, 1.82) is 0 Å². The summed E-state index contributed by atoms with van der Waals surface area (Å²) in [6.07, 6.45) is 5.69. The first-order valence-corrected chi connectivity index (χ1v) is 3.96. The Morgan fingerprint density at radius 1 is 1.27 bits per heavy atom. The average molecular weight is 146 g/mol. The van der Waals surface area contributed by atoms with Crippen LogP contribution in [0.2, 0.25) is 0 Å². The summed E-state index contributed by atoms with van der Waals surface area (Å²) in [4.78, 5) is 0. The molecule has 0 N–H and O–H groups in total. The Morgan fingerprint density at radius 2 is 2.09 bits per heavy atom. The van der Waals surface area contributed by atoms with Crippen LogP contribution in [0.5, 0.6) is 0 Å². The highest BCUT2D eigenvalue weighted by atomic mass is 13.8. The van der Waals surface area contributed by atoms with E-state index < -0.39 is 0 Å². The van der Waals surface area contributed by atoms with Crippen LogP contribution in [0.25, 0.3) is 0 Å². The summed E-state index contributed by atoms with van der Waals surface area (Å²) >= 11 is 0. The lowest BCUT2D eigenvalue weighted by Crippen LogP contribution is -1.67. The first-order valence-electron chi connectivity index (χ1n) is 3.96. The summed E-state index contributed by atoms with van der Waals surface area (Å²) in [5.74, 6) is 11.7. The van der Waals surface area contributed by atoms with E-state index in [0.29, 0.717) is 6.42 Å². The van der Waals surface area contributed by atoms with Crippen molar-refractivity contribution >= 4 is 0 Å². The molecule has 0 atom stereocenters. The number of rotatable bonds is 2. The fourth-order valence-corrected chi connectivity index (χ4v) is 0.583. The van der Waals surface area contributed by atoms with Crippen LogP contribution < -0.4 is 0 Å². The molecule has 0 aliphatic heterocycles. The van der Waals surface area contributed by atoms with Gasteiger partial charge in [0.15, 0.2) is 0 Å². The Labute approximate surface area is 69.7 Å². The van der Waals surface area contributed by atoms with Gasteiger partial charge in [0.2, 0.25) is 0 Å². The Hall–Kier alpha value is -1.14. The Morgan fingerprint density at radius 3 is 2.73 bits per heavy atom. The van der Waals surface area contributed by atoms with Gasteiger partial charge in [-0.2, -0.15) is 0 Å². The maximum atomic E-state index is 3.49. The zero-order valence-corrected chi connectivity index (χ0v) is 7.11. The molecule has 0 aliphatic carbocycles. The van der Waals surface area contributed by atoms with Crippen molar-refractivity contribution in [3.63, 3.8) is 0 Å².